The Balaban J connectivity index is 2.23. The van der Waals surface area contributed by atoms with Crippen LogP contribution in [0.2, 0.25) is 0 Å². The first-order valence-corrected chi connectivity index (χ1v) is 3.61. The number of hydrogen-bond acceptors (Lipinski definition) is 3. The summed E-state index contributed by atoms with van der Waals surface area (Å²) in [6.45, 7) is 1.78. The molecule has 0 spiro atoms. The van der Waals surface area contributed by atoms with E-state index >= 15 is 0 Å². The van der Waals surface area contributed by atoms with Gasteiger partial charge in [-0.15, -0.1) is 0 Å². The van der Waals surface area contributed by atoms with Crippen molar-refractivity contribution in [3.63, 3.8) is 0 Å². The third-order valence-electron chi connectivity index (χ3n) is 1.95. The molecule has 3 heteroatoms. The van der Waals surface area contributed by atoms with Crippen LogP contribution in [0.5, 0.6) is 0 Å². The predicted octanol–water partition coefficient (Wildman–Crippen LogP) is 0.459. The number of aldehydes is 1. The summed E-state index contributed by atoms with van der Waals surface area (Å²) in [6, 6.07) is 0. The molecule has 0 aromatic carbocycles. The Morgan fingerprint density at radius 2 is 2.10 bits per heavy atom. The second-order valence-electron chi connectivity index (χ2n) is 2.59. The first kappa shape index (κ1) is 7.69. The van der Waals surface area contributed by atoms with Crippen LogP contribution < -0.4 is 0 Å². The van der Waals surface area contributed by atoms with Gasteiger partial charge < -0.3 is 9.63 Å². The second-order valence-corrected chi connectivity index (χ2v) is 2.59. The van der Waals surface area contributed by atoms with Crippen molar-refractivity contribution in [3.05, 3.63) is 0 Å². The lowest BCUT2D eigenvalue weighted by Gasteiger charge is -2.26. The van der Waals surface area contributed by atoms with Crippen molar-refractivity contribution in [3.8, 4) is 0 Å². The van der Waals surface area contributed by atoms with Crippen LogP contribution in [0.4, 0.5) is 0 Å². The highest BCUT2D eigenvalue weighted by molar-refractivity contribution is 5.53. The van der Waals surface area contributed by atoms with Gasteiger partial charge in [0.25, 0.3) is 0 Å². The summed E-state index contributed by atoms with van der Waals surface area (Å²) in [7, 11) is 1.67. The van der Waals surface area contributed by atoms with E-state index in [1.807, 2.05) is 5.06 Å². The van der Waals surface area contributed by atoms with Crippen LogP contribution in [-0.2, 0) is 9.63 Å². The number of nitrogens with zero attached hydrogens (tertiary/aromatic N) is 1. The third kappa shape index (κ3) is 1.78. The van der Waals surface area contributed by atoms with Crippen molar-refractivity contribution in [2.45, 2.75) is 12.8 Å². The maximum atomic E-state index is 10.3. The SMILES string of the molecule is CON1CCC(C=O)CC1. The lowest BCUT2D eigenvalue weighted by molar-refractivity contribution is -0.150. The largest absolute Gasteiger partial charge is 0.303 e. The molecule has 1 rings (SSSR count). The summed E-state index contributed by atoms with van der Waals surface area (Å²) < 4.78 is 0. The van der Waals surface area contributed by atoms with Crippen LogP contribution in [0.1, 0.15) is 12.8 Å². The first-order valence-electron chi connectivity index (χ1n) is 3.61. The number of carbonyl (C=O) groups excluding carboxylic acids is 1. The second kappa shape index (κ2) is 3.68. The molecule has 0 aromatic heterocycles. The third-order valence-corrected chi connectivity index (χ3v) is 1.95. The van der Waals surface area contributed by atoms with Crippen molar-refractivity contribution >= 4 is 6.29 Å². The van der Waals surface area contributed by atoms with Crippen LogP contribution in [0.25, 0.3) is 0 Å². The number of piperidine rings is 1. The predicted molar refractivity (Wildman–Crippen MR) is 37.4 cm³/mol. The molecular weight excluding hydrogens is 130 g/mol. The van der Waals surface area contributed by atoms with Crippen molar-refractivity contribution in [2.75, 3.05) is 20.2 Å². The Bertz CT molecular complexity index is 108. The Morgan fingerprint density at radius 1 is 1.50 bits per heavy atom. The molecule has 0 bridgehead atoms. The van der Waals surface area contributed by atoms with Crippen molar-refractivity contribution < 1.29 is 9.63 Å². The van der Waals surface area contributed by atoms with Crippen LogP contribution in [0, 0.1) is 5.92 Å². The van der Waals surface area contributed by atoms with E-state index in [1.54, 1.807) is 7.11 Å². The lowest BCUT2D eigenvalue weighted by Crippen LogP contribution is -2.33. The fourth-order valence-electron chi connectivity index (χ4n) is 1.19. The summed E-state index contributed by atoms with van der Waals surface area (Å²) in [5, 5.41) is 1.89. The van der Waals surface area contributed by atoms with Gasteiger partial charge in [-0.25, -0.2) is 0 Å². The van der Waals surface area contributed by atoms with Gasteiger partial charge in [0, 0.05) is 19.0 Å². The minimum atomic E-state index is 0.270. The Labute approximate surface area is 60.9 Å². The van der Waals surface area contributed by atoms with E-state index in [0.29, 0.717) is 0 Å². The molecule has 3 nitrogen and oxygen atoms in total. The van der Waals surface area contributed by atoms with Gasteiger partial charge in [0.2, 0.25) is 0 Å². The highest BCUT2D eigenvalue weighted by Gasteiger charge is 2.17. The standard InChI is InChI=1S/C7H13NO2/c1-10-8-4-2-7(6-9)3-5-8/h6-7H,2-5H2,1H3. The monoisotopic (exact) mass is 143 g/mol. The highest BCUT2D eigenvalue weighted by atomic mass is 16.7. The maximum absolute atomic E-state index is 10.3. The van der Waals surface area contributed by atoms with Crippen LogP contribution in [0.15, 0.2) is 0 Å². The van der Waals surface area contributed by atoms with Gasteiger partial charge in [0.05, 0.1) is 7.11 Å². The number of carbonyl (C=O) groups is 1. The molecule has 0 aliphatic carbocycles. The molecule has 58 valence electrons. The van der Waals surface area contributed by atoms with Gasteiger partial charge >= 0.3 is 0 Å². The fourth-order valence-corrected chi connectivity index (χ4v) is 1.19. The Kier molecular flexibility index (Phi) is 2.83. The van der Waals surface area contributed by atoms with Crippen molar-refractivity contribution in [1.29, 1.82) is 0 Å². The summed E-state index contributed by atoms with van der Waals surface area (Å²) in [6.07, 6.45) is 2.93. The zero-order chi connectivity index (χ0) is 7.40. The number of hydroxylamine groups is 2. The molecule has 1 fully saturated rings. The lowest BCUT2D eigenvalue weighted by atomic mass is 10.0. The number of rotatable bonds is 2. The molecule has 1 aliphatic heterocycles. The van der Waals surface area contributed by atoms with Gasteiger partial charge in [0.15, 0.2) is 0 Å². The minimum Gasteiger partial charge on any atom is -0.303 e. The Morgan fingerprint density at radius 3 is 2.50 bits per heavy atom. The molecule has 1 aliphatic rings. The summed E-state index contributed by atoms with van der Waals surface area (Å²) in [5.74, 6) is 0.270. The smallest absolute Gasteiger partial charge is 0.123 e. The van der Waals surface area contributed by atoms with E-state index < -0.39 is 0 Å². The van der Waals surface area contributed by atoms with E-state index in [0.717, 1.165) is 32.2 Å². The number of hydrogen-bond donors (Lipinski definition) is 0. The topological polar surface area (TPSA) is 29.5 Å². The van der Waals surface area contributed by atoms with Gasteiger partial charge in [0.1, 0.15) is 6.29 Å². The molecule has 0 unspecified atom stereocenters. The molecule has 0 atom stereocenters. The highest BCUT2D eigenvalue weighted by Crippen LogP contribution is 2.13. The fraction of sp³-hybridized carbons (Fsp3) is 0.857. The van der Waals surface area contributed by atoms with E-state index in [1.165, 1.54) is 0 Å². The molecule has 0 saturated carbocycles. The zero-order valence-corrected chi connectivity index (χ0v) is 6.25. The van der Waals surface area contributed by atoms with Gasteiger partial charge in [-0.05, 0) is 12.8 Å². The maximum Gasteiger partial charge on any atom is 0.123 e. The Hall–Kier alpha value is -0.410. The van der Waals surface area contributed by atoms with E-state index in [-0.39, 0.29) is 5.92 Å². The molecule has 0 amide bonds. The molecular formula is C7H13NO2. The normalized spacial score (nSPS) is 22.9. The summed E-state index contributed by atoms with van der Waals surface area (Å²) in [5.41, 5.74) is 0. The average Bonchev–Trinajstić information content (AvgIpc) is 2.05. The van der Waals surface area contributed by atoms with E-state index in [4.69, 9.17) is 4.84 Å². The molecule has 0 radical (unpaired) electrons. The van der Waals surface area contributed by atoms with Crippen molar-refractivity contribution in [2.24, 2.45) is 5.92 Å². The van der Waals surface area contributed by atoms with Crippen LogP contribution >= 0.6 is 0 Å². The minimum absolute atomic E-state index is 0.270. The molecule has 0 aromatic rings. The van der Waals surface area contributed by atoms with Gasteiger partial charge in [-0.2, -0.15) is 5.06 Å². The van der Waals surface area contributed by atoms with E-state index in [9.17, 15) is 4.79 Å². The molecule has 1 saturated heterocycles. The average molecular weight is 143 g/mol. The van der Waals surface area contributed by atoms with Gasteiger partial charge in [-0.1, -0.05) is 0 Å². The van der Waals surface area contributed by atoms with Crippen LogP contribution in [0.3, 0.4) is 0 Å². The van der Waals surface area contributed by atoms with Crippen molar-refractivity contribution in [1.82, 2.24) is 5.06 Å². The van der Waals surface area contributed by atoms with Crippen LogP contribution in [-0.4, -0.2) is 31.5 Å². The molecule has 1 heterocycles. The summed E-state index contributed by atoms with van der Waals surface area (Å²) >= 11 is 0. The van der Waals surface area contributed by atoms with Gasteiger partial charge in [-0.3, -0.25) is 0 Å². The summed E-state index contributed by atoms with van der Waals surface area (Å²) in [4.78, 5) is 15.3. The zero-order valence-electron chi connectivity index (χ0n) is 6.25. The van der Waals surface area contributed by atoms with E-state index in [2.05, 4.69) is 0 Å². The molecule has 0 N–H and O–H groups in total. The molecule has 10 heavy (non-hydrogen) atoms. The quantitative estimate of drug-likeness (QED) is 0.526. The first-order chi connectivity index (χ1) is 4.86.